The van der Waals surface area contributed by atoms with Crippen LogP contribution in [0.3, 0.4) is 0 Å². The van der Waals surface area contributed by atoms with Gasteiger partial charge in [-0.2, -0.15) is 0 Å². The second-order valence-electron chi connectivity index (χ2n) is 5.20. The van der Waals surface area contributed by atoms with E-state index in [0.717, 1.165) is 22.9 Å². The van der Waals surface area contributed by atoms with Gasteiger partial charge in [0, 0.05) is 11.6 Å². The van der Waals surface area contributed by atoms with Crippen molar-refractivity contribution in [3.05, 3.63) is 42.1 Å². The van der Waals surface area contributed by atoms with Crippen LogP contribution in [0.1, 0.15) is 38.9 Å². The Kier molecular flexibility index (Phi) is 3.16. The van der Waals surface area contributed by atoms with Crippen molar-refractivity contribution in [2.24, 2.45) is 5.41 Å². The van der Waals surface area contributed by atoms with E-state index in [-0.39, 0.29) is 5.41 Å². The van der Waals surface area contributed by atoms with E-state index >= 15 is 0 Å². The minimum absolute atomic E-state index is 0.101. The third-order valence-corrected chi connectivity index (χ3v) is 3.59. The van der Waals surface area contributed by atoms with Crippen molar-refractivity contribution in [2.45, 2.75) is 33.3 Å². The molecule has 0 aliphatic carbocycles. The maximum absolute atomic E-state index is 10.4. The van der Waals surface area contributed by atoms with E-state index in [0.29, 0.717) is 0 Å². The molecule has 1 N–H and O–H groups in total. The second kappa shape index (κ2) is 4.46. The predicted octanol–water partition coefficient (Wildman–Crippen LogP) is 3.70. The van der Waals surface area contributed by atoms with Gasteiger partial charge < -0.3 is 5.11 Å². The summed E-state index contributed by atoms with van der Waals surface area (Å²) in [5, 5.41) is 11.5. The van der Waals surface area contributed by atoms with E-state index < -0.39 is 6.10 Å². The van der Waals surface area contributed by atoms with Gasteiger partial charge in [-0.1, -0.05) is 32.9 Å². The number of hydrogen-bond acceptors (Lipinski definition) is 2. The summed E-state index contributed by atoms with van der Waals surface area (Å²) in [7, 11) is 0. The lowest BCUT2D eigenvalue weighted by Gasteiger charge is -2.29. The highest BCUT2D eigenvalue weighted by Crippen LogP contribution is 2.36. The molecule has 0 aliphatic rings. The number of aromatic nitrogens is 1. The summed E-state index contributed by atoms with van der Waals surface area (Å²) in [5.74, 6) is 0. The number of aliphatic hydroxyl groups excluding tert-OH is 1. The highest BCUT2D eigenvalue weighted by Gasteiger charge is 2.27. The molecular formula is C15H19NO. The van der Waals surface area contributed by atoms with E-state index in [4.69, 9.17) is 0 Å². The van der Waals surface area contributed by atoms with Crippen LogP contribution in [0.4, 0.5) is 0 Å². The zero-order valence-electron chi connectivity index (χ0n) is 10.6. The normalized spacial score (nSPS) is 13.9. The Morgan fingerprint density at radius 2 is 2.06 bits per heavy atom. The van der Waals surface area contributed by atoms with Crippen LogP contribution in [0.25, 0.3) is 10.9 Å². The van der Waals surface area contributed by atoms with E-state index in [1.165, 1.54) is 0 Å². The quantitative estimate of drug-likeness (QED) is 0.870. The largest absolute Gasteiger partial charge is 0.388 e. The fraction of sp³-hybridized carbons (Fsp3) is 0.400. The van der Waals surface area contributed by atoms with Crippen LogP contribution in [0.15, 0.2) is 36.5 Å². The van der Waals surface area contributed by atoms with Gasteiger partial charge in [-0.3, -0.25) is 4.98 Å². The van der Waals surface area contributed by atoms with Gasteiger partial charge in [-0.05, 0) is 35.6 Å². The number of hydrogen-bond donors (Lipinski definition) is 1. The molecule has 1 aromatic heterocycles. The fourth-order valence-electron chi connectivity index (χ4n) is 1.91. The first-order valence-electron chi connectivity index (χ1n) is 6.07. The molecule has 17 heavy (non-hydrogen) atoms. The molecule has 1 aromatic carbocycles. The van der Waals surface area contributed by atoms with Crippen molar-refractivity contribution in [3.8, 4) is 0 Å². The van der Waals surface area contributed by atoms with Gasteiger partial charge in [0.15, 0.2) is 0 Å². The molecule has 0 spiro atoms. The Balaban J connectivity index is 2.43. The van der Waals surface area contributed by atoms with E-state index in [9.17, 15) is 5.11 Å². The van der Waals surface area contributed by atoms with Crippen LogP contribution in [0.5, 0.6) is 0 Å². The Morgan fingerprint density at radius 3 is 2.76 bits per heavy atom. The van der Waals surface area contributed by atoms with Crippen LogP contribution in [-0.4, -0.2) is 10.1 Å². The summed E-state index contributed by atoms with van der Waals surface area (Å²) in [6, 6.07) is 9.92. The molecule has 0 aliphatic heterocycles. The Morgan fingerprint density at radius 1 is 1.29 bits per heavy atom. The molecule has 0 amide bonds. The summed E-state index contributed by atoms with van der Waals surface area (Å²) < 4.78 is 0. The van der Waals surface area contributed by atoms with Gasteiger partial charge in [-0.25, -0.2) is 0 Å². The summed E-state index contributed by atoms with van der Waals surface area (Å²) in [4.78, 5) is 4.28. The monoisotopic (exact) mass is 229 g/mol. The number of benzene rings is 1. The average molecular weight is 229 g/mol. The van der Waals surface area contributed by atoms with Gasteiger partial charge in [0.25, 0.3) is 0 Å². The Bertz CT molecular complexity index is 519. The second-order valence-corrected chi connectivity index (χ2v) is 5.20. The summed E-state index contributed by atoms with van der Waals surface area (Å²) in [5.41, 5.74) is 1.84. The van der Waals surface area contributed by atoms with Crippen LogP contribution in [-0.2, 0) is 0 Å². The lowest BCUT2D eigenvalue weighted by Crippen LogP contribution is -2.20. The van der Waals surface area contributed by atoms with Gasteiger partial charge in [0.2, 0.25) is 0 Å². The van der Waals surface area contributed by atoms with Crippen molar-refractivity contribution >= 4 is 10.9 Å². The zero-order chi connectivity index (χ0) is 12.5. The molecule has 0 saturated carbocycles. The topological polar surface area (TPSA) is 33.1 Å². The molecule has 2 aromatic rings. The van der Waals surface area contributed by atoms with Gasteiger partial charge in [0.05, 0.1) is 11.6 Å². The average Bonchev–Trinajstić information content (AvgIpc) is 2.37. The molecule has 0 bridgehead atoms. The van der Waals surface area contributed by atoms with Crippen LogP contribution >= 0.6 is 0 Å². The summed E-state index contributed by atoms with van der Waals surface area (Å²) >= 11 is 0. The lowest BCUT2D eigenvalue weighted by atomic mass is 9.80. The van der Waals surface area contributed by atoms with Gasteiger partial charge in [0.1, 0.15) is 0 Å². The first kappa shape index (κ1) is 12.1. The van der Waals surface area contributed by atoms with Crippen LogP contribution in [0, 0.1) is 5.41 Å². The van der Waals surface area contributed by atoms with Crippen molar-refractivity contribution in [1.29, 1.82) is 0 Å². The van der Waals surface area contributed by atoms with E-state index in [1.807, 2.05) is 30.3 Å². The highest BCUT2D eigenvalue weighted by atomic mass is 16.3. The molecule has 90 valence electrons. The lowest BCUT2D eigenvalue weighted by molar-refractivity contribution is 0.0467. The van der Waals surface area contributed by atoms with Crippen LogP contribution < -0.4 is 0 Å². The Hall–Kier alpha value is -1.41. The summed E-state index contributed by atoms with van der Waals surface area (Å²) in [6.45, 7) is 6.28. The predicted molar refractivity (Wildman–Crippen MR) is 70.8 cm³/mol. The van der Waals surface area contributed by atoms with Crippen molar-refractivity contribution in [1.82, 2.24) is 4.98 Å². The maximum atomic E-state index is 10.4. The minimum atomic E-state index is -0.433. The number of pyridine rings is 1. The molecule has 2 rings (SSSR count). The molecule has 0 radical (unpaired) electrons. The number of rotatable bonds is 3. The number of fused-ring (bicyclic) bond motifs is 1. The molecule has 2 heteroatoms. The number of nitrogens with zero attached hydrogens (tertiary/aromatic N) is 1. The molecule has 0 fully saturated rings. The minimum Gasteiger partial charge on any atom is -0.388 e. The van der Waals surface area contributed by atoms with Crippen molar-refractivity contribution < 1.29 is 5.11 Å². The summed E-state index contributed by atoms with van der Waals surface area (Å²) in [6.07, 6.45) is 2.30. The van der Waals surface area contributed by atoms with Gasteiger partial charge >= 0.3 is 0 Å². The zero-order valence-corrected chi connectivity index (χ0v) is 10.6. The molecule has 1 unspecified atom stereocenters. The first-order valence-corrected chi connectivity index (χ1v) is 6.07. The van der Waals surface area contributed by atoms with Crippen LogP contribution in [0.2, 0.25) is 0 Å². The van der Waals surface area contributed by atoms with E-state index in [1.54, 1.807) is 6.20 Å². The SMILES string of the molecule is CCC(C)(C)C(O)c1ccc2ncccc2c1. The maximum Gasteiger partial charge on any atom is 0.0841 e. The highest BCUT2D eigenvalue weighted by molar-refractivity contribution is 5.79. The van der Waals surface area contributed by atoms with Crippen molar-refractivity contribution in [3.63, 3.8) is 0 Å². The molecule has 0 saturated heterocycles. The third-order valence-electron chi connectivity index (χ3n) is 3.59. The number of aliphatic hydroxyl groups is 1. The van der Waals surface area contributed by atoms with Gasteiger partial charge in [-0.15, -0.1) is 0 Å². The molecule has 2 nitrogen and oxygen atoms in total. The first-order chi connectivity index (χ1) is 8.04. The molecular weight excluding hydrogens is 210 g/mol. The Labute approximate surface area is 102 Å². The third kappa shape index (κ3) is 2.32. The van der Waals surface area contributed by atoms with Crippen molar-refractivity contribution in [2.75, 3.05) is 0 Å². The fourth-order valence-corrected chi connectivity index (χ4v) is 1.91. The molecule has 1 atom stereocenters. The van der Waals surface area contributed by atoms with E-state index in [2.05, 4.69) is 25.8 Å². The smallest absolute Gasteiger partial charge is 0.0841 e. The standard InChI is InChI=1S/C15H19NO/c1-4-15(2,3)14(17)12-7-8-13-11(10-12)6-5-9-16-13/h5-10,14,17H,4H2,1-3H3. The molecule has 1 heterocycles.